The van der Waals surface area contributed by atoms with E-state index in [2.05, 4.69) is 27.4 Å². The molecule has 0 radical (unpaired) electrons. The molecule has 0 saturated carbocycles. The monoisotopic (exact) mass is 320 g/mol. The number of pyridine rings is 1. The van der Waals surface area contributed by atoms with Gasteiger partial charge in [-0.15, -0.1) is 0 Å². The van der Waals surface area contributed by atoms with Crippen LogP contribution >= 0.6 is 0 Å². The van der Waals surface area contributed by atoms with E-state index in [1.54, 1.807) is 6.20 Å². The molecule has 0 aromatic carbocycles. The highest BCUT2D eigenvalue weighted by Crippen LogP contribution is 2.05. The first-order valence-corrected chi connectivity index (χ1v) is 8.58. The van der Waals surface area contributed by atoms with Crippen molar-refractivity contribution in [2.75, 3.05) is 51.3 Å². The van der Waals surface area contributed by atoms with E-state index in [-0.39, 0.29) is 5.91 Å². The largest absolute Gasteiger partial charge is 0.379 e. The number of nitrogens with one attached hydrogen (secondary N) is 2. The summed E-state index contributed by atoms with van der Waals surface area (Å²) in [5.74, 6) is 0.759. The van der Waals surface area contributed by atoms with Crippen molar-refractivity contribution < 1.29 is 9.53 Å². The second kappa shape index (κ2) is 10.2. The summed E-state index contributed by atoms with van der Waals surface area (Å²) in [6.45, 7) is 8.32. The molecular weight excluding hydrogens is 292 g/mol. The van der Waals surface area contributed by atoms with Crippen LogP contribution in [0.4, 0.5) is 5.82 Å². The van der Waals surface area contributed by atoms with Crippen molar-refractivity contribution in [2.45, 2.75) is 26.2 Å². The molecule has 1 aliphatic heterocycles. The highest BCUT2D eigenvalue weighted by atomic mass is 16.5. The molecule has 1 fully saturated rings. The summed E-state index contributed by atoms with van der Waals surface area (Å²) < 4.78 is 5.33. The Morgan fingerprint density at radius 1 is 1.26 bits per heavy atom. The normalized spacial score (nSPS) is 15.3. The Hall–Kier alpha value is -1.66. The predicted molar refractivity (Wildman–Crippen MR) is 91.8 cm³/mol. The Morgan fingerprint density at radius 2 is 2.09 bits per heavy atom. The van der Waals surface area contributed by atoms with Crippen LogP contribution in [0.25, 0.3) is 0 Å². The van der Waals surface area contributed by atoms with Crippen molar-refractivity contribution in [3.8, 4) is 0 Å². The summed E-state index contributed by atoms with van der Waals surface area (Å²) in [5, 5.41) is 6.21. The maximum absolute atomic E-state index is 11.9. The van der Waals surface area contributed by atoms with Crippen LogP contribution in [0, 0.1) is 0 Å². The van der Waals surface area contributed by atoms with Crippen molar-refractivity contribution in [2.24, 2.45) is 0 Å². The molecule has 2 rings (SSSR count). The molecule has 1 saturated heterocycles. The van der Waals surface area contributed by atoms with Gasteiger partial charge in [0.2, 0.25) is 0 Å². The molecule has 0 unspecified atom stereocenters. The average Bonchev–Trinajstić information content (AvgIpc) is 2.60. The number of amides is 1. The quantitative estimate of drug-likeness (QED) is 0.679. The molecular formula is C17H28N4O2. The fraction of sp³-hybridized carbons (Fsp3) is 0.647. The van der Waals surface area contributed by atoms with Crippen LogP contribution < -0.4 is 10.6 Å². The lowest BCUT2D eigenvalue weighted by molar-refractivity contribution is 0.0398. The molecule has 1 amide bonds. The zero-order valence-electron chi connectivity index (χ0n) is 14.0. The number of carbonyl (C=O) groups is 1. The average molecular weight is 320 g/mol. The van der Waals surface area contributed by atoms with Gasteiger partial charge in [-0.3, -0.25) is 9.69 Å². The number of ether oxygens (including phenoxy) is 1. The van der Waals surface area contributed by atoms with Crippen molar-refractivity contribution in [1.82, 2.24) is 15.2 Å². The van der Waals surface area contributed by atoms with Gasteiger partial charge in [0.05, 0.1) is 18.8 Å². The van der Waals surface area contributed by atoms with Gasteiger partial charge in [0.15, 0.2) is 0 Å². The van der Waals surface area contributed by atoms with Crippen molar-refractivity contribution >= 4 is 11.7 Å². The molecule has 0 aliphatic carbocycles. The van der Waals surface area contributed by atoms with Crippen LogP contribution in [-0.4, -0.2) is 61.7 Å². The number of hydrogen-bond donors (Lipinski definition) is 2. The Kier molecular flexibility index (Phi) is 7.83. The molecule has 128 valence electrons. The minimum absolute atomic E-state index is 0.0477. The van der Waals surface area contributed by atoms with Crippen LogP contribution in [0.5, 0.6) is 0 Å². The Morgan fingerprint density at radius 3 is 2.78 bits per heavy atom. The van der Waals surface area contributed by atoms with Gasteiger partial charge in [-0.05, 0) is 18.6 Å². The third-order valence-electron chi connectivity index (χ3n) is 3.93. The van der Waals surface area contributed by atoms with Gasteiger partial charge in [0.1, 0.15) is 5.82 Å². The number of anilines is 1. The third-order valence-corrected chi connectivity index (χ3v) is 3.93. The summed E-state index contributed by atoms with van der Waals surface area (Å²) in [4.78, 5) is 18.6. The van der Waals surface area contributed by atoms with Crippen molar-refractivity contribution in [3.05, 3.63) is 23.9 Å². The second-order valence-electron chi connectivity index (χ2n) is 5.78. The Bertz CT molecular complexity index is 458. The van der Waals surface area contributed by atoms with Crippen LogP contribution in [0.15, 0.2) is 18.3 Å². The van der Waals surface area contributed by atoms with Gasteiger partial charge < -0.3 is 15.4 Å². The predicted octanol–water partition coefficient (Wildman–Crippen LogP) is 1.75. The molecule has 2 N–H and O–H groups in total. The highest BCUT2D eigenvalue weighted by Gasteiger charge is 2.09. The Labute approximate surface area is 138 Å². The first kappa shape index (κ1) is 17.7. The smallest absolute Gasteiger partial charge is 0.252 e. The summed E-state index contributed by atoms with van der Waals surface area (Å²) in [6, 6.07) is 3.68. The minimum Gasteiger partial charge on any atom is -0.379 e. The minimum atomic E-state index is -0.0477. The topological polar surface area (TPSA) is 66.5 Å². The number of nitrogens with zero attached hydrogens (tertiary/aromatic N) is 2. The maximum Gasteiger partial charge on any atom is 0.252 e. The van der Waals surface area contributed by atoms with Crippen LogP contribution in [0.3, 0.4) is 0 Å². The van der Waals surface area contributed by atoms with E-state index in [9.17, 15) is 4.79 Å². The Balaban J connectivity index is 1.67. The van der Waals surface area contributed by atoms with Crippen molar-refractivity contribution in [3.63, 3.8) is 0 Å². The number of unbranched alkanes of at least 4 members (excludes halogenated alkanes) is 2. The molecule has 1 aromatic rings. The lowest BCUT2D eigenvalue weighted by Gasteiger charge is -2.26. The zero-order valence-corrected chi connectivity index (χ0v) is 14.0. The summed E-state index contributed by atoms with van der Waals surface area (Å²) in [7, 11) is 0. The summed E-state index contributed by atoms with van der Waals surface area (Å²) in [5.41, 5.74) is 0.611. The molecule has 23 heavy (non-hydrogen) atoms. The molecule has 2 heterocycles. The highest BCUT2D eigenvalue weighted by molar-refractivity contribution is 5.93. The third kappa shape index (κ3) is 6.54. The molecule has 0 spiro atoms. The summed E-state index contributed by atoms with van der Waals surface area (Å²) in [6.07, 6.45) is 4.95. The van der Waals surface area contributed by atoms with Crippen LogP contribution in [0.1, 0.15) is 36.5 Å². The van der Waals surface area contributed by atoms with Crippen molar-refractivity contribution in [1.29, 1.82) is 0 Å². The SMILES string of the molecule is CCCCCNC(=O)c1ccc(NCCN2CCOCC2)nc1. The first-order valence-electron chi connectivity index (χ1n) is 8.58. The lowest BCUT2D eigenvalue weighted by Crippen LogP contribution is -2.39. The zero-order chi connectivity index (χ0) is 16.3. The van der Waals surface area contributed by atoms with Gasteiger partial charge in [-0.1, -0.05) is 19.8 Å². The van der Waals surface area contributed by atoms with Crippen LogP contribution in [-0.2, 0) is 4.74 Å². The van der Waals surface area contributed by atoms with Gasteiger partial charge in [0, 0.05) is 38.9 Å². The van der Waals surface area contributed by atoms with E-state index >= 15 is 0 Å². The summed E-state index contributed by atoms with van der Waals surface area (Å²) >= 11 is 0. The number of rotatable bonds is 9. The molecule has 0 atom stereocenters. The number of carbonyl (C=O) groups excluding carboxylic acids is 1. The lowest BCUT2D eigenvalue weighted by atomic mass is 10.2. The maximum atomic E-state index is 11.9. The molecule has 6 heteroatoms. The molecule has 1 aromatic heterocycles. The van der Waals surface area contributed by atoms with Gasteiger partial charge >= 0.3 is 0 Å². The second-order valence-corrected chi connectivity index (χ2v) is 5.78. The van der Waals surface area contributed by atoms with E-state index in [0.29, 0.717) is 5.56 Å². The number of aromatic nitrogens is 1. The number of morpholine rings is 1. The van der Waals surface area contributed by atoms with Crippen LogP contribution in [0.2, 0.25) is 0 Å². The number of hydrogen-bond acceptors (Lipinski definition) is 5. The fourth-order valence-corrected chi connectivity index (χ4v) is 2.48. The van der Waals surface area contributed by atoms with E-state index in [1.165, 1.54) is 0 Å². The van der Waals surface area contributed by atoms with Gasteiger partial charge in [-0.25, -0.2) is 4.98 Å². The molecule has 0 bridgehead atoms. The van der Waals surface area contributed by atoms with E-state index in [4.69, 9.17) is 4.74 Å². The fourth-order valence-electron chi connectivity index (χ4n) is 2.48. The van der Waals surface area contributed by atoms with E-state index in [1.807, 2.05) is 12.1 Å². The molecule has 1 aliphatic rings. The standard InChI is InChI=1S/C17H28N4O2/c1-2-3-4-7-19-17(22)15-5-6-16(20-14-15)18-8-9-21-10-12-23-13-11-21/h5-6,14H,2-4,7-13H2,1H3,(H,18,20)(H,19,22). The van der Waals surface area contributed by atoms with E-state index < -0.39 is 0 Å². The van der Waals surface area contributed by atoms with E-state index in [0.717, 1.165) is 71.0 Å². The molecule has 6 nitrogen and oxygen atoms in total. The van der Waals surface area contributed by atoms with Gasteiger partial charge in [0.25, 0.3) is 5.91 Å². The first-order chi connectivity index (χ1) is 11.3. The van der Waals surface area contributed by atoms with Gasteiger partial charge in [-0.2, -0.15) is 0 Å².